The minimum Gasteiger partial charge on any atom is -0.507 e. The summed E-state index contributed by atoms with van der Waals surface area (Å²) < 4.78 is 23.1. The van der Waals surface area contributed by atoms with E-state index in [0.717, 1.165) is 5.57 Å². The number of benzene rings is 2. The highest BCUT2D eigenvalue weighted by Gasteiger charge is 2.44. The third-order valence-electron chi connectivity index (χ3n) is 7.37. The lowest BCUT2D eigenvalue weighted by Gasteiger charge is -2.39. The van der Waals surface area contributed by atoms with Crippen LogP contribution in [0.4, 0.5) is 0 Å². The number of fused-ring (bicyclic) bond motifs is 2. The molecule has 0 amide bonds. The van der Waals surface area contributed by atoms with E-state index >= 15 is 0 Å². The standard InChI is InChI=1S/C31H34O11/c1-14(2)5-7-18-28-17(9-10-31(3,4)42-28)23(34)22-24(35)19(13-39-29(18)22)16-8-6-15(11-20(16)33)40-30-27(38)26(37)25(36)21(12-32)41-30/h5-6,8-11,13,21,25-27,30,32-34,36-38H,7,12H2,1-4H3/t21-,25-,26+,27-,30-/m1/s1. The van der Waals surface area contributed by atoms with Gasteiger partial charge in [-0.25, -0.2) is 0 Å². The van der Waals surface area contributed by atoms with Crippen molar-refractivity contribution >= 4 is 17.0 Å². The zero-order valence-corrected chi connectivity index (χ0v) is 23.6. The number of phenols is 2. The summed E-state index contributed by atoms with van der Waals surface area (Å²) in [6.07, 6.45) is -0.389. The van der Waals surface area contributed by atoms with E-state index in [0.29, 0.717) is 23.3 Å². The summed E-state index contributed by atoms with van der Waals surface area (Å²) in [6, 6.07) is 3.95. The number of hydrogen-bond acceptors (Lipinski definition) is 11. The number of aliphatic hydroxyl groups excluding tert-OH is 4. The van der Waals surface area contributed by atoms with Crippen LogP contribution in [-0.4, -0.2) is 73.6 Å². The third kappa shape index (κ3) is 5.25. The highest BCUT2D eigenvalue weighted by Crippen LogP contribution is 2.45. The largest absolute Gasteiger partial charge is 0.507 e. The van der Waals surface area contributed by atoms with Crippen LogP contribution in [0, 0.1) is 0 Å². The van der Waals surface area contributed by atoms with E-state index in [1.807, 2.05) is 33.8 Å². The molecule has 11 nitrogen and oxygen atoms in total. The van der Waals surface area contributed by atoms with Gasteiger partial charge in [-0.3, -0.25) is 4.79 Å². The Morgan fingerprint density at radius 1 is 1.07 bits per heavy atom. The molecule has 5 atom stereocenters. The van der Waals surface area contributed by atoms with Crippen LogP contribution in [0.3, 0.4) is 0 Å². The molecule has 1 saturated heterocycles. The van der Waals surface area contributed by atoms with Crippen molar-refractivity contribution in [3.63, 3.8) is 0 Å². The molecule has 0 radical (unpaired) electrons. The Balaban J connectivity index is 1.56. The molecule has 0 bridgehead atoms. The Morgan fingerprint density at radius 2 is 1.81 bits per heavy atom. The fourth-order valence-corrected chi connectivity index (χ4v) is 5.05. The molecule has 3 heterocycles. The van der Waals surface area contributed by atoms with Crippen molar-refractivity contribution in [2.45, 2.75) is 70.4 Å². The predicted octanol–water partition coefficient (Wildman–Crippen LogP) is 2.74. The van der Waals surface area contributed by atoms with Gasteiger partial charge in [0.2, 0.25) is 11.7 Å². The Morgan fingerprint density at radius 3 is 2.48 bits per heavy atom. The van der Waals surface area contributed by atoms with Crippen molar-refractivity contribution < 1.29 is 49.3 Å². The van der Waals surface area contributed by atoms with Gasteiger partial charge in [0.1, 0.15) is 70.2 Å². The van der Waals surface area contributed by atoms with Crippen LogP contribution in [0.15, 0.2) is 51.4 Å². The van der Waals surface area contributed by atoms with Gasteiger partial charge in [0, 0.05) is 17.2 Å². The van der Waals surface area contributed by atoms with Crippen LogP contribution in [-0.2, 0) is 11.2 Å². The molecule has 0 aliphatic carbocycles. The van der Waals surface area contributed by atoms with Gasteiger partial charge in [0.15, 0.2) is 0 Å². The molecule has 42 heavy (non-hydrogen) atoms. The molecule has 5 rings (SSSR count). The topological polar surface area (TPSA) is 179 Å². The van der Waals surface area contributed by atoms with Crippen molar-refractivity contribution in [1.82, 2.24) is 0 Å². The van der Waals surface area contributed by atoms with E-state index < -0.39 is 48.3 Å². The van der Waals surface area contributed by atoms with Crippen LogP contribution in [0.25, 0.3) is 28.2 Å². The molecular formula is C31H34O11. The summed E-state index contributed by atoms with van der Waals surface area (Å²) >= 11 is 0. The van der Waals surface area contributed by atoms with Gasteiger partial charge < -0.3 is 49.3 Å². The molecule has 2 aliphatic heterocycles. The van der Waals surface area contributed by atoms with Gasteiger partial charge in [0.05, 0.1) is 17.7 Å². The molecule has 6 N–H and O–H groups in total. The maximum absolute atomic E-state index is 13.8. The molecule has 0 spiro atoms. The van der Waals surface area contributed by atoms with Crippen molar-refractivity contribution in [3.05, 3.63) is 63.5 Å². The van der Waals surface area contributed by atoms with Crippen molar-refractivity contribution in [1.29, 1.82) is 0 Å². The number of aliphatic hydroxyl groups is 4. The minimum absolute atomic E-state index is 0.0107. The maximum Gasteiger partial charge on any atom is 0.229 e. The average molecular weight is 583 g/mol. The molecule has 224 valence electrons. The minimum atomic E-state index is -1.64. The summed E-state index contributed by atoms with van der Waals surface area (Å²) in [5.41, 5.74) is 1.02. The highest BCUT2D eigenvalue weighted by molar-refractivity contribution is 5.96. The van der Waals surface area contributed by atoms with E-state index in [4.69, 9.17) is 18.6 Å². The van der Waals surface area contributed by atoms with Crippen LogP contribution < -0.4 is 14.9 Å². The Labute approximate surface area is 241 Å². The number of ether oxygens (including phenoxy) is 3. The third-order valence-corrected chi connectivity index (χ3v) is 7.37. The van der Waals surface area contributed by atoms with E-state index in [1.165, 1.54) is 24.5 Å². The van der Waals surface area contributed by atoms with Crippen molar-refractivity contribution in [2.75, 3.05) is 6.61 Å². The van der Waals surface area contributed by atoms with E-state index in [1.54, 1.807) is 12.2 Å². The zero-order valence-electron chi connectivity index (χ0n) is 23.6. The van der Waals surface area contributed by atoms with Crippen molar-refractivity contribution in [2.24, 2.45) is 0 Å². The molecule has 0 unspecified atom stereocenters. The van der Waals surface area contributed by atoms with Crippen molar-refractivity contribution in [3.8, 4) is 34.1 Å². The quantitative estimate of drug-likeness (QED) is 0.235. The maximum atomic E-state index is 13.8. The van der Waals surface area contributed by atoms with Crippen LogP contribution in [0.1, 0.15) is 38.8 Å². The first-order chi connectivity index (χ1) is 19.8. The first-order valence-electron chi connectivity index (χ1n) is 13.5. The number of rotatable bonds is 6. The second-order valence-corrected chi connectivity index (χ2v) is 11.3. The summed E-state index contributed by atoms with van der Waals surface area (Å²) in [4.78, 5) is 13.8. The summed E-state index contributed by atoms with van der Waals surface area (Å²) in [5, 5.41) is 61.7. The van der Waals surface area contributed by atoms with Gasteiger partial charge >= 0.3 is 0 Å². The molecule has 1 fully saturated rings. The smallest absolute Gasteiger partial charge is 0.229 e. The Kier molecular flexibility index (Phi) is 7.82. The van der Waals surface area contributed by atoms with E-state index in [-0.39, 0.29) is 39.3 Å². The lowest BCUT2D eigenvalue weighted by molar-refractivity contribution is -0.277. The van der Waals surface area contributed by atoms with Crippen LogP contribution in [0.2, 0.25) is 0 Å². The van der Waals surface area contributed by atoms with Gasteiger partial charge in [-0.2, -0.15) is 0 Å². The molecule has 11 heteroatoms. The molecule has 0 saturated carbocycles. The Bertz CT molecular complexity index is 1630. The first kappa shape index (κ1) is 29.6. The number of hydrogen-bond donors (Lipinski definition) is 6. The predicted molar refractivity (Wildman–Crippen MR) is 153 cm³/mol. The highest BCUT2D eigenvalue weighted by atomic mass is 16.7. The van der Waals surface area contributed by atoms with Crippen LogP contribution in [0.5, 0.6) is 23.0 Å². The molecule has 2 aromatic carbocycles. The van der Waals surface area contributed by atoms with Crippen LogP contribution >= 0.6 is 0 Å². The van der Waals surface area contributed by atoms with Gasteiger partial charge in [0.25, 0.3) is 0 Å². The van der Waals surface area contributed by atoms with E-state index in [9.17, 15) is 35.4 Å². The summed E-state index contributed by atoms with van der Waals surface area (Å²) in [6.45, 7) is 7.03. The monoisotopic (exact) mass is 582 g/mol. The lowest BCUT2D eigenvalue weighted by atomic mass is 9.93. The van der Waals surface area contributed by atoms with Gasteiger partial charge in [-0.15, -0.1) is 0 Å². The van der Waals surface area contributed by atoms with Gasteiger partial charge in [-0.05, 0) is 58.4 Å². The summed E-state index contributed by atoms with van der Waals surface area (Å²) in [7, 11) is 0. The Hall–Kier alpha value is -3.87. The molecule has 2 aliphatic rings. The summed E-state index contributed by atoms with van der Waals surface area (Å²) in [5.74, 6) is -0.240. The number of phenolic OH excluding ortho intramolecular Hbond substituents is 2. The lowest BCUT2D eigenvalue weighted by Crippen LogP contribution is -2.60. The first-order valence-corrected chi connectivity index (χ1v) is 13.5. The second kappa shape index (κ2) is 11.1. The van der Waals surface area contributed by atoms with E-state index in [2.05, 4.69) is 0 Å². The number of allylic oxidation sites excluding steroid dienone is 2. The molecular weight excluding hydrogens is 548 g/mol. The second-order valence-electron chi connectivity index (χ2n) is 11.3. The van der Waals surface area contributed by atoms with Gasteiger partial charge in [-0.1, -0.05) is 11.6 Å². The molecule has 3 aromatic rings. The number of aromatic hydroxyl groups is 2. The average Bonchev–Trinajstić information content (AvgIpc) is 2.93. The normalized spacial score (nSPS) is 24.6. The molecule has 1 aromatic heterocycles. The fraction of sp³-hybridized carbons (Fsp3) is 0.387. The SMILES string of the molecule is CC(C)=CCc1c2c(c(O)c3c(=O)c(-c4ccc(O[C@@H]5O[C@H](CO)[C@@H](O)[C@H](O)[C@H]5O)cc4O)coc13)C=CC(C)(C)O2. The fourth-order valence-electron chi connectivity index (χ4n) is 5.05. The zero-order chi connectivity index (χ0) is 30.5.